The molecule has 0 saturated carbocycles. The van der Waals surface area contributed by atoms with Crippen molar-refractivity contribution in [3.05, 3.63) is 64.1 Å². The van der Waals surface area contributed by atoms with Crippen molar-refractivity contribution in [2.75, 3.05) is 7.11 Å². The summed E-state index contributed by atoms with van der Waals surface area (Å²) in [6, 6.07) is 16.7. The zero-order chi connectivity index (χ0) is 13.7. The van der Waals surface area contributed by atoms with Crippen molar-refractivity contribution in [3.8, 4) is 5.75 Å². The minimum Gasteiger partial charge on any atom is -0.496 e. The first-order valence-electron chi connectivity index (χ1n) is 6.31. The number of ether oxygens (including phenoxy) is 1. The number of halogens is 1. The van der Waals surface area contributed by atoms with E-state index in [1.807, 2.05) is 18.2 Å². The predicted octanol–water partition coefficient (Wildman–Crippen LogP) is 4.31. The average molecular weight is 320 g/mol. The van der Waals surface area contributed by atoms with Crippen molar-refractivity contribution in [2.45, 2.75) is 19.5 Å². The number of para-hydroxylation sites is 1. The van der Waals surface area contributed by atoms with Gasteiger partial charge in [0.15, 0.2) is 0 Å². The fourth-order valence-electron chi connectivity index (χ4n) is 2.01. The summed E-state index contributed by atoms with van der Waals surface area (Å²) in [5.41, 5.74) is 2.45. The van der Waals surface area contributed by atoms with Crippen LogP contribution in [0.3, 0.4) is 0 Å². The second-order valence-electron chi connectivity index (χ2n) is 4.47. The number of rotatable bonds is 5. The smallest absolute Gasteiger partial charge is 0.123 e. The average Bonchev–Trinajstić information content (AvgIpc) is 2.46. The van der Waals surface area contributed by atoms with E-state index in [1.165, 1.54) is 11.1 Å². The number of methoxy groups -OCH3 is 1. The lowest BCUT2D eigenvalue weighted by molar-refractivity contribution is 0.401. The van der Waals surface area contributed by atoms with E-state index in [1.54, 1.807) is 7.11 Å². The van der Waals surface area contributed by atoms with Gasteiger partial charge in [-0.3, -0.25) is 0 Å². The van der Waals surface area contributed by atoms with Crippen LogP contribution in [0, 0.1) is 0 Å². The first-order valence-corrected chi connectivity index (χ1v) is 7.10. The van der Waals surface area contributed by atoms with Crippen LogP contribution in [0.4, 0.5) is 0 Å². The van der Waals surface area contributed by atoms with Gasteiger partial charge in [-0.15, -0.1) is 0 Å². The van der Waals surface area contributed by atoms with Crippen LogP contribution in [0.15, 0.2) is 53.0 Å². The molecule has 1 N–H and O–H groups in total. The van der Waals surface area contributed by atoms with Gasteiger partial charge in [0.2, 0.25) is 0 Å². The van der Waals surface area contributed by atoms with Crippen molar-refractivity contribution in [1.82, 2.24) is 5.32 Å². The molecular formula is C16H18BrNO. The summed E-state index contributed by atoms with van der Waals surface area (Å²) in [5, 5.41) is 3.51. The molecule has 0 fully saturated rings. The number of benzene rings is 2. The third-order valence-corrected chi connectivity index (χ3v) is 3.66. The molecule has 3 heteroatoms. The molecule has 0 aromatic heterocycles. The summed E-state index contributed by atoms with van der Waals surface area (Å²) < 4.78 is 6.49. The van der Waals surface area contributed by atoms with Gasteiger partial charge in [-0.25, -0.2) is 0 Å². The molecule has 0 heterocycles. The second kappa shape index (κ2) is 6.73. The molecule has 1 unspecified atom stereocenters. The van der Waals surface area contributed by atoms with Crippen LogP contribution >= 0.6 is 15.9 Å². The molecule has 2 aromatic rings. The van der Waals surface area contributed by atoms with Crippen LogP contribution in [0.1, 0.15) is 24.1 Å². The van der Waals surface area contributed by atoms with E-state index in [4.69, 9.17) is 4.74 Å². The molecule has 0 aliphatic heterocycles. The molecule has 0 amide bonds. The number of nitrogens with one attached hydrogen (secondary N) is 1. The normalized spacial score (nSPS) is 12.2. The highest BCUT2D eigenvalue weighted by Crippen LogP contribution is 2.24. The Balaban J connectivity index is 2.01. The van der Waals surface area contributed by atoms with Crippen LogP contribution in [-0.2, 0) is 6.54 Å². The molecule has 2 rings (SSSR count). The van der Waals surface area contributed by atoms with E-state index in [-0.39, 0.29) is 6.04 Å². The summed E-state index contributed by atoms with van der Waals surface area (Å²) in [7, 11) is 1.71. The van der Waals surface area contributed by atoms with E-state index >= 15 is 0 Å². The SMILES string of the molecule is COc1ccccc1C(C)NCc1ccc(Br)cc1. The third-order valence-electron chi connectivity index (χ3n) is 3.13. The summed E-state index contributed by atoms with van der Waals surface area (Å²) >= 11 is 3.44. The van der Waals surface area contributed by atoms with Crippen molar-refractivity contribution >= 4 is 15.9 Å². The van der Waals surface area contributed by atoms with E-state index in [0.717, 1.165) is 16.8 Å². The van der Waals surface area contributed by atoms with Gasteiger partial charge in [0.25, 0.3) is 0 Å². The Morgan fingerprint density at radius 1 is 1.11 bits per heavy atom. The van der Waals surface area contributed by atoms with Crippen LogP contribution in [-0.4, -0.2) is 7.11 Å². The van der Waals surface area contributed by atoms with Gasteiger partial charge in [0.05, 0.1) is 7.11 Å². The van der Waals surface area contributed by atoms with Gasteiger partial charge in [-0.05, 0) is 30.7 Å². The molecule has 19 heavy (non-hydrogen) atoms. The predicted molar refractivity (Wildman–Crippen MR) is 82.4 cm³/mol. The summed E-state index contributed by atoms with van der Waals surface area (Å²) in [6.45, 7) is 2.99. The first-order chi connectivity index (χ1) is 9.20. The van der Waals surface area contributed by atoms with Gasteiger partial charge < -0.3 is 10.1 Å². The largest absolute Gasteiger partial charge is 0.496 e. The fraction of sp³-hybridized carbons (Fsp3) is 0.250. The highest BCUT2D eigenvalue weighted by atomic mass is 79.9. The Bertz CT molecular complexity index is 525. The van der Waals surface area contributed by atoms with E-state index in [9.17, 15) is 0 Å². The van der Waals surface area contributed by atoms with Crippen LogP contribution < -0.4 is 10.1 Å². The highest BCUT2D eigenvalue weighted by Gasteiger charge is 2.09. The fourth-order valence-corrected chi connectivity index (χ4v) is 2.27. The zero-order valence-electron chi connectivity index (χ0n) is 11.2. The standard InChI is InChI=1S/C16H18BrNO/c1-12(15-5-3-4-6-16(15)19-2)18-11-13-7-9-14(17)10-8-13/h3-10,12,18H,11H2,1-2H3. The van der Waals surface area contributed by atoms with Crippen LogP contribution in [0.5, 0.6) is 5.75 Å². The Morgan fingerprint density at radius 2 is 1.79 bits per heavy atom. The molecular weight excluding hydrogens is 302 g/mol. The number of hydrogen-bond donors (Lipinski definition) is 1. The monoisotopic (exact) mass is 319 g/mol. The van der Waals surface area contributed by atoms with E-state index < -0.39 is 0 Å². The molecule has 0 saturated heterocycles. The summed E-state index contributed by atoms with van der Waals surface area (Å²) in [5.74, 6) is 0.929. The molecule has 0 aliphatic carbocycles. The molecule has 0 spiro atoms. The molecule has 2 nitrogen and oxygen atoms in total. The molecule has 2 aromatic carbocycles. The maximum Gasteiger partial charge on any atom is 0.123 e. The lowest BCUT2D eigenvalue weighted by Crippen LogP contribution is -2.18. The molecule has 1 atom stereocenters. The minimum absolute atomic E-state index is 0.250. The minimum atomic E-state index is 0.250. The Hall–Kier alpha value is -1.32. The Kier molecular flexibility index (Phi) is 5.00. The van der Waals surface area contributed by atoms with Gasteiger partial charge in [0, 0.05) is 22.6 Å². The zero-order valence-corrected chi connectivity index (χ0v) is 12.8. The van der Waals surface area contributed by atoms with Gasteiger partial charge in [-0.1, -0.05) is 46.3 Å². The Morgan fingerprint density at radius 3 is 2.47 bits per heavy atom. The van der Waals surface area contributed by atoms with Crippen molar-refractivity contribution in [3.63, 3.8) is 0 Å². The van der Waals surface area contributed by atoms with Gasteiger partial charge in [-0.2, -0.15) is 0 Å². The molecule has 0 aliphatic rings. The maximum absolute atomic E-state index is 5.39. The van der Waals surface area contributed by atoms with Crippen molar-refractivity contribution < 1.29 is 4.74 Å². The third kappa shape index (κ3) is 3.82. The second-order valence-corrected chi connectivity index (χ2v) is 5.39. The van der Waals surface area contributed by atoms with E-state index in [2.05, 4.69) is 58.5 Å². The van der Waals surface area contributed by atoms with Gasteiger partial charge in [0.1, 0.15) is 5.75 Å². The van der Waals surface area contributed by atoms with Gasteiger partial charge >= 0.3 is 0 Å². The number of hydrogen-bond acceptors (Lipinski definition) is 2. The molecule has 0 bridgehead atoms. The van der Waals surface area contributed by atoms with Crippen molar-refractivity contribution in [2.24, 2.45) is 0 Å². The molecule has 0 radical (unpaired) electrons. The summed E-state index contributed by atoms with van der Waals surface area (Å²) in [4.78, 5) is 0. The lowest BCUT2D eigenvalue weighted by Gasteiger charge is -2.17. The van der Waals surface area contributed by atoms with Crippen LogP contribution in [0.2, 0.25) is 0 Å². The van der Waals surface area contributed by atoms with Crippen molar-refractivity contribution in [1.29, 1.82) is 0 Å². The first kappa shape index (κ1) is 14.1. The molecule has 100 valence electrons. The van der Waals surface area contributed by atoms with Crippen LogP contribution in [0.25, 0.3) is 0 Å². The highest BCUT2D eigenvalue weighted by molar-refractivity contribution is 9.10. The topological polar surface area (TPSA) is 21.3 Å². The maximum atomic E-state index is 5.39. The quantitative estimate of drug-likeness (QED) is 0.886. The van der Waals surface area contributed by atoms with E-state index in [0.29, 0.717) is 0 Å². The lowest BCUT2D eigenvalue weighted by atomic mass is 10.1. The Labute approximate surface area is 122 Å². The summed E-state index contributed by atoms with van der Waals surface area (Å²) in [6.07, 6.45) is 0.